The van der Waals surface area contributed by atoms with E-state index in [1.807, 2.05) is 19.9 Å². The lowest BCUT2D eigenvalue weighted by Gasteiger charge is -2.26. The van der Waals surface area contributed by atoms with E-state index < -0.39 is 112 Å². The van der Waals surface area contributed by atoms with E-state index in [0.717, 1.165) is 27.0 Å². The van der Waals surface area contributed by atoms with Crippen LogP contribution in [0.2, 0.25) is 5.02 Å². The van der Waals surface area contributed by atoms with E-state index in [1.54, 1.807) is 12.1 Å². The van der Waals surface area contributed by atoms with Gasteiger partial charge in [-0.3, -0.25) is 28.2 Å². The summed E-state index contributed by atoms with van der Waals surface area (Å²) < 4.78 is 155. The second-order valence-electron chi connectivity index (χ2n) is 17.7. The fourth-order valence-corrected chi connectivity index (χ4v) is 11.3. The van der Waals surface area contributed by atoms with Gasteiger partial charge in [0.2, 0.25) is 15.9 Å². The lowest BCUT2D eigenvalue weighted by Crippen LogP contribution is -2.38. The largest absolute Gasteiger partial charge is 0.371 e. The lowest BCUT2D eigenvalue weighted by molar-refractivity contribution is -0.123. The predicted octanol–water partition coefficient (Wildman–Crippen LogP) is 8.86. The number of nitrogens with zero attached hydrogens (tertiary/aromatic N) is 6. The van der Waals surface area contributed by atoms with E-state index >= 15 is 13.6 Å². The Morgan fingerprint density at radius 1 is 1.00 bits per heavy atom. The summed E-state index contributed by atoms with van der Waals surface area (Å²) in [5, 5.41) is 9.37. The number of alkyl halides is 6. The van der Waals surface area contributed by atoms with Crippen molar-refractivity contribution in [1.29, 1.82) is 0 Å². The molecular formula is C45H39ClF8N8O5S. The Labute approximate surface area is 386 Å². The molecule has 2 saturated carbocycles. The molecule has 10 rings (SSSR count). The SMILES string of the molecule is C[C@@H]1CC(c2ccc3c(=O)n(-c4ccc(Cl)c5c(NS(=O)(=O)C6CC6)nn(CC(F)F)c45)c([C@H](Cc4cc(F)cc(F)c4)NC(=O)Cn4nc(C(F)F)c5c4C(F)(F)[C@@H]4C[C@H]54)nc3c2)=C[C@H](C)O1. The summed E-state index contributed by atoms with van der Waals surface area (Å²) in [7, 11) is -4.09. The number of halogens is 9. The van der Waals surface area contributed by atoms with Crippen molar-refractivity contribution in [3.63, 3.8) is 0 Å². The highest BCUT2D eigenvalue weighted by atomic mass is 35.5. The standard InChI is InChI=1S/C45H39ClF8N8O5S/c1-19-9-23(10-20(2)67-19)22-3-6-27-31(14-22)56-43(62(44(27)64)33-8-7-30(46)37-39(33)60(17-34(49)50)58-42(37)59-68(65,66)26-4-5-26)32(13-21-11-24(47)15-25(48)12-21)55-35(63)18-61-40-36(38(57-61)41(51)52)28-16-29(28)45(40,53)54/h3,6-9,11-12,14-15,19-20,26,28-29,32,34,41H,4-5,10,13,16-18H2,1-2H3,(H,55,63)(H,58,59)/t19-,20+,28-,29+,32-/m0/s1. The second kappa shape index (κ2) is 16.7. The molecule has 4 heterocycles. The highest BCUT2D eigenvalue weighted by Gasteiger charge is 2.67. The van der Waals surface area contributed by atoms with Crippen LogP contribution < -0.4 is 15.6 Å². The van der Waals surface area contributed by atoms with Crippen LogP contribution in [0, 0.1) is 17.6 Å². The Kier molecular flexibility index (Phi) is 11.3. The van der Waals surface area contributed by atoms with Crippen LogP contribution in [0.5, 0.6) is 0 Å². The number of carbonyl (C=O) groups is 1. The van der Waals surface area contributed by atoms with Crippen LogP contribution in [0.3, 0.4) is 0 Å². The zero-order valence-corrected chi connectivity index (χ0v) is 37.4. The van der Waals surface area contributed by atoms with Gasteiger partial charge in [0, 0.05) is 24.0 Å². The molecule has 2 N–H and O–H groups in total. The quantitative estimate of drug-likeness (QED) is 0.103. The first-order valence-electron chi connectivity index (χ1n) is 21.6. The third-order valence-corrected chi connectivity index (χ3v) is 14.8. The topological polar surface area (TPSA) is 155 Å². The minimum absolute atomic E-state index is 0.0330. The van der Waals surface area contributed by atoms with Gasteiger partial charge in [-0.15, -0.1) is 0 Å². The number of hydrogen-bond donors (Lipinski definition) is 2. The molecule has 0 bridgehead atoms. The minimum Gasteiger partial charge on any atom is -0.371 e. The van der Waals surface area contributed by atoms with Gasteiger partial charge in [-0.25, -0.2) is 39.7 Å². The zero-order chi connectivity index (χ0) is 48.3. The molecule has 1 amide bonds. The van der Waals surface area contributed by atoms with Gasteiger partial charge in [0.25, 0.3) is 24.3 Å². The Bertz CT molecular complexity index is 3260. The molecule has 0 spiro atoms. The summed E-state index contributed by atoms with van der Waals surface area (Å²) in [6, 6.07) is 8.05. The van der Waals surface area contributed by atoms with E-state index in [1.165, 1.54) is 18.2 Å². The number of ether oxygens (including phenoxy) is 1. The second-order valence-corrected chi connectivity index (χ2v) is 20.1. The number of carbonyl (C=O) groups excluding carboxylic acids is 1. The molecule has 3 aromatic heterocycles. The number of anilines is 1. The van der Waals surface area contributed by atoms with E-state index in [2.05, 4.69) is 20.2 Å². The third-order valence-electron chi connectivity index (χ3n) is 12.7. The predicted molar refractivity (Wildman–Crippen MR) is 233 cm³/mol. The molecule has 6 aromatic rings. The number of benzene rings is 3. The highest BCUT2D eigenvalue weighted by molar-refractivity contribution is 7.93. The van der Waals surface area contributed by atoms with Crippen molar-refractivity contribution >= 4 is 60.7 Å². The molecular weight excluding hydrogens is 952 g/mol. The maximum Gasteiger partial charge on any atom is 0.293 e. The molecule has 23 heteroatoms. The van der Waals surface area contributed by atoms with Gasteiger partial charge in [-0.2, -0.15) is 19.0 Å². The van der Waals surface area contributed by atoms with Crippen LogP contribution in [-0.4, -0.2) is 67.3 Å². The smallest absolute Gasteiger partial charge is 0.293 e. The van der Waals surface area contributed by atoms with Crippen LogP contribution >= 0.6 is 11.6 Å². The normalized spacial score (nSPS) is 21.3. The molecule has 4 aliphatic rings. The summed E-state index contributed by atoms with van der Waals surface area (Å²) in [5.74, 6) is -9.73. The average Bonchev–Trinajstić information content (AvgIpc) is 4.17. The molecule has 1 aliphatic heterocycles. The van der Waals surface area contributed by atoms with E-state index in [0.29, 0.717) is 35.6 Å². The van der Waals surface area contributed by atoms with Gasteiger partial charge in [0.15, 0.2) is 5.82 Å². The number of rotatable bonds is 14. The van der Waals surface area contributed by atoms with Crippen molar-refractivity contribution in [3.05, 3.63) is 116 Å². The lowest BCUT2D eigenvalue weighted by atomic mass is 9.95. The minimum atomic E-state index is -4.09. The molecule has 358 valence electrons. The van der Waals surface area contributed by atoms with Crippen LogP contribution in [0.4, 0.5) is 40.9 Å². The maximum absolute atomic E-state index is 15.6. The molecule has 0 radical (unpaired) electrons. The van der Waals surface area contributed by atoms with E-state index in [9.17, 15) is 39.6 Å². The van der Waals surface area contributed by atoms with E-state index in [-0.39, 0.29) is 68.1 Å². The van der Waals surface area contributed by atoms with Crippen molar-refractivity contribution in [3.8, 4) is 5.69 Å². The van der Waals surface area contributed by atoms with Gasteiger partial charge in [-0.05, 0) is 98.5 Å². The average molecular weight is 991 g/mol. The van der Waals surface area contributed by atoms with Crippen molar-refractivity contribution in [1.82, 2.24) is 34.4 Å². The van der Waals surface area contributed by atoms with Gasteiger partial charge < -0.3 is 10.1 Å². The third kappa shape index (κ3) is 8.20. The molecule has 0 unspecified atom stereocenters. The summed E-state index contributed by atoms with van der Waals surface area (Å²) in [6.07, 6.45) is -4.39. The van der Waals surface area contributed by atoms with Gasteiger partial charge in [-0.1, -0.05) is 23.7 Å². The summed E-state index contributed by atoms with van der Waals surface area (Å²) in [6.45, 7) is 1.54. The number of amides is 1. The molecule has 3 aromatic carbocycles. The molecule has 2 fully saturated rings. The first-order valence-corrected chi connectivity index (χ1v) is 23.5. The molecule has 3 aliphatic carbocycles. The number of hydrogen-bond acceptors (Lipinski definition) is 8. The van der Waals surface area contributed by atoms with Gasteiger partial charge in [0.1, 0.15) is 41.9 Å². The van der Waals surface area contributed by atoms with Crippen molar-refractivity contribution < 1.29 is 53.1 Å². The number of aromatic nitrogens is 6. The van der Waals surface area contributed by atoms with Crippen molar-refractivity contribution in [2.45, 2.75) is 107 Å². The van der Waals surface area contributed by atoms with Crippen LogP contribution in [-0.2, 0) is 45.0 Å². The van der Waals surface area contributed by atoms with Crippen molar-refractivity contribution in [2.24, 2.45) is 5.92 Å². The fourth-order valence-electron chi connectivity index (χ4n) is 9.70. The Balaban J connectivity index is 1.19. The fraction of sp³-hybridized carbons (Fsp3) is 0.400. The van der Waals surface area contributed by atoms with E-state index in [4.69, 9.17) is 21.3 Å². The summed E-state index contributed by atoms with van der Waals surface area (Å²) in [4.78, 5) is 34.4. The Morgan fingerprint density at radius 3 is 2.41 bits per heavy atom. The monoisotopic (exact) mass is 990 g/mol. The summed E-state index contributed by atoms with van der Waals surface area (Å²) >= 11 is 6.69. The molecule has 0 saturated heterocycles. The number of fused-ring (bicyclic) bond motifs is 5. The summed E-state index contributed by atoms with van der Waals surface area (Å²) in [5.41, 5.74) is -2.07. The van der Waals surface area contributed by atoms with Crippen LogP contribution in [0.25, 0.3) is 33.1 Å². The van der Waals surface area contributed by atoms with Crippen molar-refractivity contribution in [2.75, 3.05) is 4.72 Å². The van der Waals surface area contributed by atoms with Gasteiger partial charge >= 0.3 is 0 Å². The maximum atomic E-state index is 15.6. The number of sulfonamides is 1. The Hall–Kier alpha value is -5.87. The highest BCUT2D eigenvalue weighted by Crippen LogP contribution is 2.68. The molecule has 68 heavy (non-hydrogen) atoms. The first-order chi connectivity index (χ1) is 32.2. The number of nitrogens with one attached hydrogen (secondary N) is 2. The zero-order valence-electron chi connectivity index (χ0n) is 35.8. The van der Waals surface area contributed by atoms with Crippen LogP contribution in [0.1, 0.15) is 91.8 Å². The Morgan fingerprint density at radius 2 is 1.74 bits per heavy atom. The van der Waals surface area contributed by atoms with Gasteiger partial charge in [0.05, 0.1) is 56.0 Å². The molecule has 5 atom stereocenters. The van der Waals surface area contributed by atoms with Crippen LogP contribution in [0.15, 0.2) is 59.4 Å². The molecule has 13 nitrogen and oxygen atoms in total. The first kappa shape index (κ1) is 45.9.